The molecular formula is C14H11N3O2S. The van der Waals surface area contributed by atoms with Crippen molar-refractivity contribution in [2.75, 3.05) is 0 Å². The van der Waals surface area contributed by atoms with E-state index in [1.807, 2.05) is 12.1 Å². The Bertz CT molecular complexity index is 791. The fourth-order valence-electron chi connectivity index (χ4n) is 1.97. The van der Waals surface area contributed by atoms with Crippen LogP contribution in [0.4, 0.5) is 0 Å². The van der Waals surface area contributed by atoms with E-state index in [0.29, 0.717) is 24.2 Å². The van der Waals surface area contributed by atoms with E-state index in [1.165, 1.54) is 6.07 Å². The third kappa shape index (κ3) is 2.17. The van der Waals surface area contributed by atoms with E-state index >= 15 is 0 Å². The Kier molecular flexibility index (Phi) is 2.99. The zero-order valence-electron chi connectivity index (χ0n) is 10.5. The number of hydrogen-bond acceptors (Lipinski definition) is 5. The summed E-state index contributed by atoms with van der Waals surface area (Å²) in [6.45, 7) is 0. The van der Waals surface area contributed by atoms with E-state index in [-0.39, 0.29) is 15.8 Å². The number of aromatic nitrogens is 2. The van der Waals surface area contributed by atoms with Crippen molar-refractivity contribution in [1.82, 2.24) is 9.97 Å². The molecule has 1 fully saturated rings. The first kappa shape index (κ1) is 12.8. The van der Waals surface area contributed by atoms with Crippen LogP contribution >= 0.6 is 0 Å². The molecule has 5 nitrogen and oxygen atoms in total. The van der Waals surface area contributed by atoms with Gasteiger partial charge in [-0.15, -0.1) is 0 Å². The molecule has 0 N–H and O–H groups in total. The molecule has 0 spiro atoms. The number of rotatable bonds is 3. The number of sulfone groups is 1. The van der Waals surface area contributed by atoms with Gasteiger partial charge in [0.15, 0.2) is 15.5 Å². The Labute approximate surface area is 116 Å². The third-order valence-corrected chi connectivity index (χ3v) is 5.45. The molecule has 0 unspecified atom stereocenters. The number of pyridine rings is 2. The Morgan fingerprint density at radius 3 is 2.55 bits per heavy atom. The van der Waals surface area contributed by atoms with Crippen LogP contribution in [0.15, 0.2) is 41.4 Å². The van der Waals surface area contributed by atoms with Crippen LogP contribution < -0.4 is 0 Å². The van der Waals surface area contributed by atoms with Crippen LogP contribution in [0.3, 0.4) is 0 Å². The maximum Gasteiger partial charge on any atom is 0.184 e. The largest absolute Gasteiger partial charge is 0.255 e. The molecule has 1 aliphatic carbocycles. The van der Waals surface area contributed by atoms with Crippen LogP contribution in [0.2, 0.25) is 0 Å². The summed E-state index contributed by atoms with van der Waals surface area (Å²) in [4.78, 5) is 8.31. The van der Waals surface area contributed by atoms with Crippen molar-refractivity contribution in [2.45, 2.75) is 23.0 Å². The summed E-state index contributed by atoms with van der Waals surface area (Å²) in [7, 11) is -3.41. The Hall–Kier alpha value is -2.26. The molecule has 0 radical (unpaired) electrons. The van der Waals surface area contributed by atoms with E-state index < -0.39 is 9.84 Å². The van der Waals surface area contributed by atoms with Crippen molar-refractivity contribution in [3.8, 4) is 17.5 Å². The number of hydrogen-bond donors (Lipinski definition) is 0. The monoisotopic (exact) mass is 285 g/mol. The van der Waals surface area contributed by atoms with Gasteiger partial charge in [-0.25, -0.2) is 13.4 Å². The second-order valence-electron chi connectivity index (χ2n) is 4.61. The highest BCUT2D eigenvalue weighted by molar-refractivity contribution is 7.92. The molecule has 2 heterocycles. The van der Waals surface area contributed by atoms with Gasteiger partial charge in [-0.05, 0) is 37.1 Å². The van der Waals surface area contributed by atoms with Crippen molar-refractivity contribution in [1.29, 1.82) is 5.26 Å². The fraction of sp³-hybridized carbons (Fsp3) is 0.214. The molecule has 0 saturated heterocycles. The molecule has 0 bridgehead atoms. The molecule has 2 aromatic rings. The smallest absolute Gasteiger partial charge is 0.184 e. The van der Waals surface area contributed by atoms with E-state index in [4.69, 9.17) is 5.26 Å². The number of nitriles is 1. The Balaban J connectivity index is 2.10. The lowest BCUT2D eigenvalue weighted by atomic mass is 10.2. The van der Waals surface area contributed by atoms with Crippen LogP contribution in [-0.2, 0) is 9.84 Å². The molecule has 1 saturated carbocycles. The van der Waals surface area contributed by atoms with Crippen molar-refractivity contribution in [3.63, 3.8) is 0 Å². The van der Waals surface area contributed by atoms with Gasteiger partial charge < -0.3 is 0 Å². The second kappa shape index (κ2) is 4.69. The maximum atomic E-state index is 12.2. The highest BCUT2D eigenvalue weighted by Crippen LogP contribution is 2.34. The molecule has 1 aliphatic rings. The molecular weight excluding hydrogens is 274 g/mol. The molecule has 3 rings (SSSR count). The summed E-state index contributed by atoms with van der Waals surface area (Å²) in [6, 6.07) is 10.3. The van der Waals surface area contributed by atoms with Crippen LogP contribution in [0.5, 0.6) is 0 Å². The summed E-state index contributed by atoms with van der Waals surface area (Å²) in [5, 5.41) is 8.81. The normalized spacial score (nSPS) is 14.8. The molecule has 2 aromatic heterocycles. The molecule has 0 atom stereocenters. The van der Waals surface area contributed by atoms with Gasteiger partial charge in [-0.2, -0.15) is 5.26 Å². The minimum atomic E-state index is -3.41. The van der Waals surface area contributed by atoms with Crippen molar-refractivity contribution in [3.05, 3.63) is 42.2 Å². The second-order valence-corrected chi connectivity index (χ2v) is 6.81. The minimum absolute atomic E-state index is 0.0298. The average molecular weight is 285 g/mol. The van der Waals surface area contributed by atoms with Gasteiger partial charge >= 0.3 is 0 Å². The molecule has 6 heteroatoms. The van der Waals surface area contributed by atoms with Crippen LogP contribution in [0.1, 0.15) is 18.5 Å². The van der Waals surface area contributed by atoms with Gasteiger partial charge in [0.2, 0.25) is 0 Å². The summed E-state index contributed by atoms with van der Waals surface area (Å²) in [5.41, 5.74) is 1.05. The van der Waals surface area contributed by atoms with Crippen molar-refractivity contribution >= 4 is 9.84 Å². The Morgan fingerprint density at radius 2 is 1.95 bits per heavy atom. The van der Waals surface area contributed by atoms with E-state index in [1.54, 1.807) is 24.4 Å². The van der Waals surface area contributed by atoms with Gasteiger partial charge in [0.25, 0.3) is 0 Å². The van der Waals surface area contributed by atoms with Gasteiger partial charge in [0.1, 0.15) is 11.0 Å². The van der Waals surface area contributed by atoms with Crippen LogP contribution in [-0.4, -0.2) is 23.6 Å². The van der Waals surface area contributed by atoms with Crippen LogP contribution in [0.25, 0.3) is 11.4 Å². The minimum Gasteiger partial charge on any atom is -0.255 e. The third-order valence-electron chi connectivity index (χ3n) is 3.16. The van der Waals surface area contributed by atoms with Gasteiger partial charge in [-0.1, -0.05) is 6.07 Å². The SMILES string of the molecule is N#Cc1nc(-c2ccccn2)ccc1S(=O)(=O)C1CC1. The first-order valence-corrected chi connectivity index (χ1v) is 7.74. The quantitative estimate of drug-likeness (QED) is 0.860. The number of nitrogens with zero attached hydrogens (tertiary/aromatic N) is 3. The summed E-state index contributed by atoms with van der Waals surface area (Å²) < 4.78 is 24.4. The van der Waals surface area contributed by atoms with Gasteiger partial charge in [0.05, 0.1) is 16.6 Å². The Morgan fingerprint density at radius 1 is 1.15 bits per heavy atom. The van der Waals surface area contributed by atoms with E-state index in [0.717, 1.165) is 0 Å². The molecule has 0 aromatic carbocycles. The topological polar surface area (TPSA) is 83.7 Å². The maximum absolute atomic E-state index is 12.2. The van der Waals surface area contributed by atoms with Crippen LogP contribution in [0, 0.1) is 11.3 Å². The lowest BCUT2D eigenvalue weighted by molar-refractivity contribution is 0.594. The summed E-state index contributed by atoms with van der Waals surface area (Å²) >= 11 is 0. The van der Waals surface area contributed by atoms with E-state index in [2.05, 4.69) is 9.97 Å². The lowest BCUT2D eigenvalue weighted by Crippen LogP contribution is -2.10. The van der Waals surface area contributed by atoms with Gasteiger partial charge in [0, 0.05) is 6.20 Å². The molecule has 100 valence electrons. The predicted molar refractivity (Wildman–Crippen MR) is 72.4 cm³/mol. The highest BCUT2D eigenvalue weighted by Gasteiger charge is 2.38. The zero-order chi connectivity index (χ0) is 14.2. The van der Waals surface area contributed by atoms with Gasteiger partial charge in [-0.3, -0.25) is 4.98 Å². The molecule has 0 aliphatic heterocycles. The van der Waals surface area contributed by atoms with Crippen molar-refractivity contribution < 1.29 is 8.42 Å². The first-order chi connectivity index (χ1) is 9.63. The lowest BCUT2D eigenvalue weighted by Gasteiger charge is -2.06. The van der Waals surface area contributed by atoms with E-state index in [9.17, 15) is 8.42 Å². The summed E-state index contributed by atoms with van der Waals surface area (Å²) in [6.07, 6.45) is 2.95. The van der Waals surface area contributed by atoms with Crippen molar-refractivity contribution in [2.24, 2.45) is 0 Å². The molecule has 20 heavy (non-hydrogen) atoms. The fourth-order valence-corrected chi connectivity index (χ4v) is 3.71. The first-order valence-electron chi connectivity index (χ1n) is 6.19. The predicted octanol–water partition coefficient (Wildman–Crippen LogP) is 1.95. The highest BCUT2D eigenvalue weighted by atomic mass is 32.2. The summed E-state index contributed by atoms with van der Waals surface area (Å²) in [5.74, 6) is 0. The zero-order valence-corrected chi connectivity index (χ0v) is 11.3. The average Bonchev–Trinajstić information content (AvgIpc) is 3.32. The standard InChI is InChI=1S/C14H11N3O2S/c15-9-13-14(20(18,19)10-4-5-10)7-6-12(17-13)11-3-1-2-8-16-11/h1-3,6-8,10H,4-5H2. The molecule has 0 amide bonds.